The fourth-order valence-corrected chi connectivity index (χ4v) is 2.61. The second-order valence-electron chi connectivity index (χ2n) is 5.60. The predicted molar refractivity (Wildman–Crippen MR) is 100 cm³/mol. The van der Waals surface area contributed by atoms with Gasteiger partial charge in [0.05, 0.1) is 12.8 Å². The molecule has 0 saturated carbocycles. The summed E-state index contributed by atoms with van der Waals surface area (Å²) in [6.07, 6.45) is 1.57. The van der Waals surface area contributed by atoms with Crippen LogP contribution < -0.4 is 10.2 Å². The third-order valence-corrected chi connectivity index (χ3v) is 4.11. The Hall–Kier alpha value is -3.45. The van der Waals surface area contributed by atoms with Gasteiger partial charge < -0.3 is 9.26 Å². The van der Waals surface area contributed by atoms with Crippen molar-refractivity contribution in [3.63, 3.8) is 0 Å². The summed E-state index contributed by atoms with van der Waals surface area (Å²) in [7, 11) is 1.58. The summed E-state index contributed by atoms with van der Waals surface area (Å²) >= 11 is 5.89. The molecule has 0 unspecified atom stereocenters. The molecule has 0 saturated heterocycles. The van der Waals surface area contributed by atoms with Crippen LogP contribution in [0, 0.1) is 0 Å². The molecule has 2 heterocycles. The molecule has 0 aliphatic heterocycles. The molecule has 7 nitrogen and oxygen atoms in total. The van der Waals surface area contributed by atoms with Crippen LogP contribution in [0.25, 0.3) is 28.7 Å². The summed E-state index contributed by atoms with van der Waals surface area (Å²) < 4.78 is 12.0. The predicted octanol–water partition coefficient (Wildman–Crippen LogP) is 3.61. The van der Waals surface area contributed by atoms with E-state index in [1.807, 2.05) is 18.2 Å². The van der Waals surface area contributed by atoms with Crippen molar-refractivity contribution in [1.82, 2.24) is 19.9 Å². The highest BCUT2D eigenvalue weighted by molar-refractivity contribution is 6.30. The smallest absolute Gasteiger partial charge is 0.282 e. The van der Waals surface area contributed by atoms with Crippen molar-refractivity contribution in [2.24, 2.45) is 0 Å². The van der Waals surface area contributed by atoms with Gasteiger partial charge in [-0.15, -0.1) is 0 Å². The molecule has 0 fully saturated rings. The van der Waals surface area contributed by atoms with Crippen molar-refractivity contribution in [2.75, 3.05) is 7.11 Å². The lowest BCUT2D eigenvalue weighted by molar-refractivity contribution is 0.414. The van der Waals surface area contributed by atoms with Crippen molar-refractivity contribution < 1.29 is 9.26 Å². The lowest BCUT2D eigenvalue weighted by atomic mass is 10.2. The third-order valence-electron chi connectivity index (χ3n) is 3.86. The first-order valence-electron chi connectivity index (χ1n) is 7.98. The van der Waals surface area contributed by atoms with E-state index in [0.717, 1.165) is 11.3 Å². The molecular weight excluding hydrogens is 368 g/mol. The van der Waals surface area contributed by atoms with E-state index in [9.17, 15) is 4.79 Å². The van der Waals surface area contributed by atoms with Crippen molar-refractivity contribution in [3.8, 4) is 34.4 Å². The van der Waals surface area contributed by atoms with Gasteiger partial charge in [-0.05, 0) is 36.4 Å². The van der Waals surface area contributed by atoms with Crippen LogP contribution in [0.2, 0.25) is 5.02 Å². The average Bonchev–Trinajstić information content (AvgIpc) is 3.19. The Morgan fingerprint density at radius 1 is 1.11 bits per heavy atom. The summed E-state index contributed by atoms with van der Waals surface area (Å²) in [4.78, 5) is 16.6. The molecule has 0 atom stereocenters. The standard InChI is InChI=1S/C19H13ClN4O3/c1-26-15-4-2-3-14(11-15)24-10-9-16(25)17(22-24)19-21-18(23-27-19)12-5-7-13(20)8-6-12/h2-11H,1H3. The van der Waals surface area contributed by atoms with Gasteiger partial charge in [0.15, 0.2) is 5.69 Å². The lowest BCUT2D eigenvalue weighted by Gasteiger charge is -2.07. The zero-order valence-corrected chi connectivity index (χ0v) is 14.9. The maximum absolute atomic E-state index is 12.3. The first-order chi connectivity index (χ1) is 13.1. The van der Waals surface area contributed by atoms with Gasteiger partial charge in [-0.1, -0.05) is 22.8 Å². The molecule has 0 spiro atoms. The molecule has 134 valence electrons. The van der Waals surface area contributed by atoms with E-state index in [0.29, 0.717) is 16.6 Å². The van der Waals surface area contributed by atoms with Crippen LogP contribution >= 0.6 is 11.6 Å². The van der Waals surface area contributed by atoms with Gasteiger partial charge in [0.1, 0.15) is 5.75 Å². The number of halogens is 1. The van der Waals surface area contributed by atoms with Gasteiger partial charge in [0.25, 0.3) is 5.89 Å². The Balaban J connectivity index is 1.74. The number of hydrogen-bond acceptors (Lipinski definition) is 6. The van der Waals surface area contributed by atoms with Crippen LogP contribution in [-0.2, 0) is 0 Å². The Morgan fingerprint density at radius 2 is 1.93 bits per heavy atom. The number of nitrogens with zero attached hydrogens (tertiary/aromatic N) is 4. The number of benzene rings is 2. The summed E-state index contributed by atoms with van der Waals surface area (Å²) in [5.41, 5.74) is 1.19. The quantitative estimate of drug-likeness (QED) is 0.537. The van der Waals surface area contributed by atoms with Crippen molar-refractivity contribution in [3.05, 3.63) is 76.0 Å². The first kappa shape index (κ1) is 17.0. The zero-order chi connectivity index (χ0) is 18.8. The molecule has 4 rings (SSSR count). The van der Waals surface area contributed by atoms with Gasteiger partial charge in [-0.3, -0.25) is 4.79 Å². The molecule has 0 bridgehead atoms. The van der Waals surface area contributed by atoms with Gasteiger partial charge in [-0.25, -0.2) is 4.68 Å². The van der Waals surface area contributed by atoms with Crippen molar-refractivity contribution >= 4 is 11.6 Å². The molecule has 0 N–H and O–H groups in total. The minimum atomic E-state index is -0.319. The van der Waals surface area contributed by atoms with Gasteiger partial charge in [-0.2, -0.15) is 10.1 Å². The molecule has 0 aliphatic rings. The molecule has 8 heteroatoms. The number of methoxy groups -OCH3 is 1. The Labute approximate surface area is 158 Å². The SMILES string of the molecule is COc1cccc(-n2ccc(=O)c(-c3nc(-c4ccc(Cl)cc4)no3)n2)c1. The topological polar surface area (TPSA) is 83.0 Å². The highest BCUT2D eigenvalue weighted by atomic mass is 35.5. The fraction of sp³-hybridized carbons (Fsp3) is 0.0526. The van der Waals surface area contributed by atoms with Crippen LogP contribution in [0.15, 0.2) is 70.1 Å². The van der Waals surface area contributed by atoms with E-state index in [4.69, 9.17) is 20.9 Å². The summed E-state index contributed by atoms with van der Waals surface area (Å²) in [5, 5.41) is 8.87. The molecule has 2 aromatic carbocycles. The minimum absolute atomic E-state index is 0.0437. The van der Waals surface area contributed by atoms with Crippen LogP contribution in [0.3, 0.4) is 0 Å². The Bertz CT molecular complexity index is 1150. The maximum Gasteiger partial charge on any atom is 0.282 e. The number of ether oxygens (including phenoxy) is 1. The van der Waals surface area contributed by atoms with Crippen LogP contribution in [0.4, 0.5) is 0 Å². The molecule has 27 heavy (non-hydrogen) atoms. The summed E-state index contributed by atoms with van der Waals surface area (Å²) in [6.45, 7) is 0. The van der Waals surface area contributed by atoms with Crippen molar-refractivity contribution in [1.29, 1.82) is 0 Å². The van der Waals surface area contributed by atoms with Crippen LogP contribution in [-0.4, -0.2) is 27.0 Å². The molecule has 4 aromatic rings. The van der Waals surface area contributed by atoms with Crippen molar-refractivity contribution in [2.45, 2.75) is 0 Å². The van der Waals surface area contributed by atoms with E-state index in [-0.39, 0.29) is 17.0 Å². The van der Waals surface area contributed by atoms with E-state index in [1.165, 1.54) is 6.07 Å². The molecular formula is C19H13ClN4O3. The number of hydrogen-bond donors (Lipinski definition) is 0. The van der Waals surface area contributed by atoms with E-state index in [2.05, 4.69) is 15.2 Å². The molecule has 2 aromatic heterocycles. The fourth-order valence-electron chi connectivity index (χ4n) is 2.49. The zero-order valence-electron chi connectivity index (χ0n) is 14.2. The van der Waals surface area contributed by atoms with E-state index in [1.54, 1.807) is 48.3 Å². The summed E-state index contributed by atoms with van der Waals surface area (Å²) in [5.74, 6) is 1.07. The average molecular weight is 381 g/mol. The molecule has 0 aliphatic carbocycles. The van der Waals surface area contributed by atoms with Gasteiger partial charge in [0.2, 0.25) is 11.3 Å². The second kappa shape index (κ2) is 7.05. The lowest BCUT2D eigenvalue weighted by Crippen LogP contribution is -2.12. The second-order valence-corrected chi connectivity index (χ2v) is 6.04. The number of aromatic nitrogens is 4. The third kappa shape index (κ3) is 3.45. The van der Waals surface area contributed by atoms with E-state index < -0.39 is 0 Å². The highest BCUT2D eigenvalue weighted by Crippen LogP contribution is 2.21. The Morgan fingerprint density at radius 3 is 2.70 bits per heavy atom. The first-order valence-corrected chi connectivity index (χ1v) is 8.36. The minimum Gasteiger partial charge on any atom is -0.497 e. The number of rotatable bonds is 4. The molecule has 0 amide bonds. The highest BCUT2D eigenvalue weighted by Gasteiger charge is 2.16. The van der Waals surface area contributed by atoms with Crippen LogP contribution in [0.5, 0.6) is 5.75 Å². The normalized spacial score (nSPS) is 10.7. The summed E-state index contributed by atoms with van der Waals surface area (Å²) in [6, 6.07) is 15.7. The molecule has 0 radical (unpaired) electrons. The van der Waals surface area contributed by atoms with Gasteiger partial charge in [0, 0.05) is 28.9 Å². The maximum atomic E-state index is 12.3. The van der Waals surface area contributed by atoms with E-state index >= 15 is 0 Å². The largest absolute Gasteiger partial charge is 0.497 e. The van der Waals surface area contributed by atoms with Gasteiger partial charge >= 0.3 is 0 Å². The monoisotopic (exact) mass is 380 g/mol. The van der Waals surface area contributed by atoms with Crippen LogP contribution in [0.1, 0.15) is 0 Å². The Kier molecular flexibility index (Phi) is 4.43.